The number of hydrogen-bond donors (Lipinski definition) is 2. The molecule has 1 saturated carbocycles. The highest BCUT2D eigenvalue weighted by atomic mass is 16.4. The summed E-state index contributed by atoms with van der Waals surface area (Å²) in [6, 6.07) is 0. The van der Waals surface area contributed by atoms with E-state index in [0.717, 1.165) is 31.8 Å². The van der Waals surface area contributed by atoms with E-state index >= 15 is 0 Å². The largest absolute Gasteiger partial charge is 0.478 e. The topological polar surface area (TPSA) is 74.6 Å². The Morgan fingerprint density at radius 1 is 1.29 bits per heavy atom. The predicted octanol–water partition coefficient (Wildman–Crippen LogP) is 4.66. The monoisotopic (exact) mass is 334 g/mol. The fourth-order valence-electron chi connectivity index (χ4n) is 5.13. The van der Waals surface area contributed by atoms with Crippen molar-refractivity contribution in [2.75, 3.05) is 0 Å². The second-order valence-corrected chi connectivity index (χ2v) is 8.19. The van der Waals surface area contributed by atoms with Crippen LogP contribution in [0, 0.1) is 22.7 Å². The number of hydrogen-bond acceptors (Lipinski definition) is 2. The number of fused-ring (bicyclic) bond motifs is 1. The molecule has 134 valence electrons. The summed E-state index contributed by atoms with van der Waals surface area (Å²) in [6.07, 6.45) is 8.81. The van der Waals surface area contributed by atoms with Gasteiger partial charge in [-0.2, -0.15) is 0 Å². The summed E-state index contributed by atoms with van der Waals surface area (Å²) in [4.78, 5) is 22.2. The third kappa shape index (κ3) is 3.28. The summed E-state index contributed by atoms with van der Waals surface area (Å²) in [5, 5.41) is 18.2. The molecule has 0 heterocycles. The number of carboxylic acids is 2. The van der Waals surface area contributed by atoms with Crippen molar-refractivity contribution in [2.45, 2.75) is 66.2 Å². The van der Waals surface area contributed by atoms with E-state index in [0.29, 0.717) is 18.3 Å². The Morgan fingerprint density at radius 3 is 2.54 bits per heavy atom. The Hall–Kier alpha value is -1.58. The molecule has 0 saturated heterocycles. The molecule has 4 atom stereocenters. The van der Waals surface area contributed by atoms with Crippen molar-refractivity contribution in [3.63, 3.8) is 0 Å². The van der Waals surface area contributed by atoms with Crippen molar-refractivity contribution in [1.29, 1.82) is 0 Å². The minimum Gasteiger partial charge on any atom is -0.478 e. The predicted molar refractivity (Wildman–Crippen MR) is 93.7 cm³/mol. The van der Waals surface area contributed by atoms with Gasteiger partial charge < -0.3 is 10.2 Å². The van der Waals surface area contributed by atoms with Crippen molar-refractivity contribution >= 4 is 11.9 Å². The van der Waals surface area contributed by atoms with Gasteiger partial charge in [-0.25, -0.2) is 9.59 Å². The normalized spacial score (nSPS) is 36.7. The number of allylic oxidation sites excluding steroid dienone is 2. The molecule has 2 aliphatic carbocycles. The lowest BCUT2D eigenvalue weighted by molar-refractivity contribution is -0.135. The van der Waals surface area contributed by atoms with Crippen LogP contribution in [0.4, 0.5) is 0 Å². The van der Waals surface area contributed by atoms with Gasteiger partial charge in [0.05, 0.1) is 0 Å². The Morgan fingerprint density at radius 2 is 1.96 bits per heavy atom. The zero-order valence-corrected chi connectivity index (χ0v) is 15.3. The molecule has 0 aliphatic heterocycles. The number of carbonyl (C=O) groups is 2. The lowest BCUT2D eigenvalue weighted by atomic mass is 9.47. The average molecular weight is 334 g/mol. The second-order valence-electron chi connectivity index (χ2n) is 8.19. The smallest absolute Gasteiger partial charge is 0.331 e. The fraction of sp³-hybridized carbons (Fsp3) is 0.700. The van der Waals surface area contributed by atoms with E-state index in [-0.39, 0.29) is 16.4 Å². The third-order valence-corrected chi connectivity index (χ3v) is 7.10. The van der Waals surface area contributed by atoms with Crippen LogP contribution in [0.3, 0.4) is 0 Å². The molecule has 2 rings (SSSR count). The van der Waals surface area contributed by atoms with Gasteiger partial charge >= 0.3 is 11.9 Å². The van der Waals surface area contributed by atoms with Crippen LogP contribution in [0.2, 0.25) is 0 Å². The number of aliphatic carboxylic acids is 2. The molecule has 0 aromatic carbocycles. The van der Waals surface area contributed by atoms with Gasteiger partial charge in [-0.1, -0.05) is 32.4 Å². The van der Waals surface area contributed by atoms with Gasteiger partial charge in [0, 0.05) is 11.6 Å². The van der Waals surface area contributed by atoms with Crippen LogP contribution in [-0.4, -0.2) is 22.2 Å². The Labute approximate surface area is 144 Å². The molecular weight excluding hydrogens is 304 g/mol. The summed E-state index contributed by atoms with van der Waals surface area (Å²) in [6.45, 7) is 9.15. The van der Waals surface area contributed by atoms with Crippen LogP contribution in [0.25, 0.3) is 0 Å². The van der Waals surface area contributed by atoms with E-state index in [2.05, 4.69) is 33.8 Å². The molecule has 0 aromatic rings. The van der Waals surface area contributed by atoms with Gasteiger partial charge in [-0.05, 0) is 68.1 Å². The van der Waals surface area contributed by atoms with Crippen LogP contribution < -0.4 is 0 Å². The molecule has 4 heteroatoms. The zero-order chi connectivity index (χ0) is 18.1. The van der Waals surface area contributed by atoms with Crippen LogP contribution >= 0.6 is 0 Å². The van der Waals surface area contributed by atoms with E-state index < -0.39 is 11.9 Å². The highest BCUT2D eigenvalue weighted by Crippen LogP contribution is 2.61. The minimum atomic E-state index is -1.18. The molecule has 0 spiro atoms. The standard InChI is InChI=1S/C20H30O4/c1-13-6-5-7-16-19(13,3)10-8-14(2)20(16,4)11-9-15(18(23)24)12-17(21)22/h6,12,14,16H,5,7-11H2,1-4H3,(H,21,22)(H,23,24)/b15-12+/t14-,16-,19+,20-/m0/s1. The molecule has 2 N–H and O–H groups in total. The van der Waals surface area contributed by atoms with Crippen LogP contribution in [0.1, 0.15) is 66.2 Å². The highest BCUT2D eigenvalue weighted by Gasteiger charge is 2.52. The second kappa shape index (κ2) is 6.73. The SMILES string of the molecule is CC1=CCC[C@@H]2[C@@](C)(CC/C(=C\C(=O)O)C(=O)O)[C@@H](C)CC[C@]12C. The summed E-state index contributed by atoms with van der Waals surface area (Å²) < 4.78 is 0. The number of rotatable bonds is 5. The first-order chi connectivity index (χ1) is 11.1. The third-order valence-electron chi connectivity index (χ3n) is 7.10. The molecular formula is C20H30O4. The van der Waals surface area contributed by atoms with Crippen molar-refractivity contribution < 1.29 is 19.8 Å². The van der Waals surface area contributed by atoms with Crippen molar-refractivity contribution in [2.24, 2.45) is 22.7 Å². The molecule has 4 nitrogen and oxygen atoms in total. The lowest BCUT2D eigenvalue weighted by Crippen LogP contribution is -2.49. The molecule has 24 heavy (non-hydrogen) atoms. The lowest BCUT2D eigenvalue weighted by Gasteiger charge is -2.58. The average Bonchev–Trinajstić information content (AvgIpc) is 2.50. The van der Waals surface area contributed by atoms with Gasteiger partial charge in [0.2, 0.25) is 0 Å². The fourth-order valence-corrected chi connectivity index (χ4v) is 5.13. The van der Waals surface area contributed by atoms with Crippen LogP contribution in [0.15, 0.2) is 23.3 Å². The summed E-state index contributed by atoms with van der Waals surface area (Å²) in [5.41, 5.74) is 1.71. The molecule has 1 fully saturated rings. The molecule has 0 amide bonds. The molecule has 0 radical (unpaired) electrons. The maximum Gasteiger partial charge on any atom is 0.331 e. The molecule has 0 aromatic heterocycles. The number of carboxylic acid groups (broad SMARTS) is 2. The Kier molecular flexibility index (Phi) is 5.26. The molecule has 2 aliphatic rings. The first-order valence-electron chi connectivity index (χ1n) is 8.95. The van der Waals surface area contributed by atoms with Gasteiger partial charge in [-0.15, -0.1) is 0 Å². The van der Waals surface area contributed by atoms with Crippen LogP contribution in [0.5, 0.6) is 0 Å². The molecule has 0 unspecified atom stereocenters. The summed E-state index contributed by atoms with van der Waals surface area (Å²) in [5.74, 6) is -1.26. The van der Waals surface area contributed by atoms with Crippen molar-refractivity contribution in [1.82, 2.24) is 0 Å². The maximum atomic E-state index is 11.4. The van der Waals surface area contributed by atoms with Gasteiger partial charge in [-0.3, -0.25) is 0 Å². The Balaban J connectivity index is 2.27. The van der Waals surface area contributed by atoms with Crippen molar-refractivity contribution in [3.05, 3.63) is 23.3 Å². The summed E-state index contributed by atoms with van der Waals surface area (Å²) >= 11 is 0. The van der Waals surface area contributed by atoms with Gasteiger partial charge in [0.25, 0.3) is 0 Å². The van der Waals surface area contributed by atoms with Crippen LogP contribution in [-0.2, 0) is 9.59 Å². The van der Waals surface area contributed by atoms with E-state index in [4.69, 9.17) is 5.11 Å². The highest BCUT2D eigenvalue weighted by molar-refractivity contribution is 5.94. The molecule has 0 bridgehead atoms. The van der Waals surface area contributed by atoms with Crippen molar-refractivity contribution in [3.8, 4) is 0 Å². The maximum absolute atomic E-state index is 11.4. The Bertz CT molecular complexity index is 588. The van der Waals surface area contributed by atoms with E-state index in [1.807, 2.05) is 0 Å². The minimum absolute atomic E-state index is 0.00581. The quantitative estimate of drug-likeness (QED) is 0.566. The van der Waals surface area contributed by atoms with E-state index in [1.165, 1.54) is 12.0 Å². The first kappa shape index (κ1) is 18.8. The van der Waals surface area contributed by atoms with E-state index in [9.17, 15) is 14.7 Å². The zero-order valence-electron chi connectivity index (χ0n) is 15.3. The van der Waals surface area contributed by atoms with E-state index in [1.54, 1.807) is 0 Å². The van der Waals surface area contributed by atoms with Gasteiger partial charge in [0.15, 0.2) is 0 Å². The summed E-state index contributed by atoms with van der Waals surface area (Å²) in [7, 11) is 0. The first-order valence-corrected chi connectivity index (χ1v) is 8.95. The van der Waals surface area contributed by atoms with Gasteiger partial charge in [0.1, 0.15) is 0 Å².